The van der Waals surface area contributed by atoms with Crippen LogP contribution in [0, 0.1) is 0 Å². The smallest absolute Gasteiger partial charge is 0.248 e. The van der Waals surface area contributed by atoms with E-state index in [0.717, 1.165) is 12.1 Å². The van der Waals surface area contributed by atoms with E-state index in [9.17, 15) is 9.59 Å². The SMILES string of the molecule is COCC(=O)N1Cc2ccnn2C(CC(=O)NCCc2cccs2)C1. The van der Waals surface area contributed by atoms with E-state index in [1.165, 1.54) is 12.0 Å². The third-order valence-corrected chi connectivity index (χ3v) is 5.13. The summed E-state index contributed by atoms with van der Waals surface area (Å²) in [6.07, 6.45) is 2.84. The maximum absolute atomic E-state index is 12.3. The van der Waals surface area contributed by atoms with Crippen LogP contribution in [0.15, 0.2) is 29.8 Å². The summed E-state index contributed by atoms with van der Waals surface area (Å²) < 4.78 is 6.80. The molecule has 2 aromatic heterocycles. The van der Waals surface area contributed by atoms with Crippen LogP contribution >= 0.6 is 11.3 Å². The Morgan fingerprint density at radius 3 is 3.08 bits per heavy atom. The van der Waals surface area contributed by atoms with E-state index in [1.54, 1.807) is 22.4 Å². The van der Waals surface area contributed by atoms with Crippen molar-refractivity contribution < 1.29 is 14.3 Å². The summed E-state index contributed by atoms with van der Waals surface area (Å²) in [5.74, 6) is -0.0953. The third kappa shape index (κ3) is 4.46. The summed E-state index contributed by atoms with van der Waals surface area (Å²) in [4.78, 5) is 27.4. The number of hydrogen-bond donors (Lipinski definition) is 1. The summed E-state index contributed by atoms with van der Waals surface area (Å²) >= 11 is 1.69. The van der Waals surface area contributed by atoms with Crippen molar-refractivity contribution in [3.05, 3.63) is 40.3 Å². The molecule has 8 heteroatoms. The number of amides is 2. The molecular formula is C17H22N4O3S. The highest BCUT2D eigenvalue weighted by molar-refractivity contribution is 7.09. The Bertz CT molecular complexity index is 713. The van der Waals surface area contributed by atoms with Crippen molar-refractivity contribution >= 4 is 23.2 Å². The number of thiophene rings is 1. The maximum Gasteiger partial charge on any atom is 0.248 e. The molecule has 1 aliphatic rings. The van der Waals surface area contributed by atoms with Crippen LogP contribution in [0.3, 0.4) is 0 Å². The molecule has 0 spiro atoms. The molecule has 0 fully saturated rings. The summed E-state index contributed by atoms with van der Waals surface area (Å²) in [6.45, 7) is 1.63. The number of fused-ring (bicyclic) bond motifs is 1. The topological polar surface area (TPSA) is 76.5 Å². The Labute approximate surface area is 150 Å². The molecule has 1 N–H and O–H groups in total. The molecule has 1 unspecified atom stereocenters. The first-order chi connectivity index (χ1) is 12.2. The van der Waals surface area contributed by atoms with E-state index in [4.69, 9.17) is 4.74 Å². The van der Waals surface area contributed by atoms with E-state index in [2.05, 4.69) is 16.5 Å². The molecule has 3 heterocycles. The second-order valence-electron chi connectivity index (χ2n) is 6.01. The van der Waals surface area contributed by atoms with E-state index >= 15 is 0 Å². The Hall–Kier alpha value is -2.19. The van der Waals surface area contributed by atoms with E-state index < -0.39 is 0 Å². The average Bonchev–Trinajstić information content (AvgIpc) is 3.26. The Balaban J connectivity index is 1.56. The molecule has 2 aromatic rings. The standard InChI is InChI=1S/C17H22N4O3S/c1-24-12-17(23)20-10-13-4-7-19-21(13)14(11-20)9-16(22)18-6-5-15-3-2-8-25-15/h2-4,7-8,14H,5-6,9-12H2,1H3,(H,18,22). The van der Waals surface area contributed by atoms with Gasteiger partial charge in [0.05, 0.1) is 24.7 Å². The van der Waals surface area contributed by atoms with Crippen molar-refractivity contribution in [1.29, 1.82) is 0 Å². The molecule has 134 valence electrons. The van der Waals surface area contributed by atoms with Gasteiger partial charge < -0.3 is 15.0 Å². The highest BCUT2D eigenvalue weighted by atomic mass is 32.1. The van der Waals surface area contributed by atoms with Crippen LogP contribution in [0.1, 0.15) is 23.0 Å². The van der Waals surface area contributed by atoms with Gasteiger partial charge in [0.1, 0.15) is 6.61 Å². The molecule has 25 heavy (non-hydrogen) atoms. The van der Waals surface area contributed by atoms with E-state index in [1.807, 2.05) is 22.2 Å². The van der Waals surface area contributed by atoms with Crippen molar-refractivity contribution in [1.82, 2.24) is 20.0 Å². The number of nitrogens with one attached hydrogen (secondary N) is 1. The van der Waals surface area contributed by atoms with Gasteiger partial charge in [0.25, 0.3) is 0 Å². The lowest BCUT2D eigenvalue weighted by Crippen LogP contribution is -2.44. The van der Waals surface area contributed by atoms with Gasteiger partial charge in [0.15, 0.2) is 0 Å². The molecule has 2 amide bonds. The van der Waals surface area contributed by atoms with E-state index in [-0.39, 0.29) is 24.5 Å². The summed E-state index contributed by atoms with van der Waals surface area (Å²) in [5, 5.41) is 9.31. The minimum absolute atomic E-state index is 0.0240. The van der Waals surface area contributed by atoms with Crippen LogP contribution in [0.2, 0.25) is 0 Å². The van der Waals surface area contributed by atoms with Gasteiger partial charge in [-0.05, 0) is 23.9 Å². The van der Waals surface area contributed by atoms with Crippen molar-refractivity contribution in [3.8, 4) is 0 Å². The predicted molar refractivity (Wildman–Crippen MR) is 94.2 cm³/mol. The quantitative estimate of drug-likeness (QED) is 0.804. The predicted octanol–water partition coefficient (Wildman–Crippen LogP) is 1.22. The molecule has 0 aromatic carbocycles. The summed E-state index contributed by atoms with van der Waals surface area (Å²) in [7, 11) is 1.50. The number of rotatable bonds is 7. The fraction of sp³-hybridized carbons (Fsp3) is 0.471. The van der Waals surface area contributed by atoms with Gasteiger partial charge in [0.2, 0.25) is 11.8 Å². The second-order valence-corrected chi connectivity index (χ2v) is 7.04. The van der Waals surface area contributed by atoms with Crippen molar-refractivity contribution in [2.75, 3.05) is 26.8 Å². The normalized spacial score (nSPS) is 16.5. The van der Waals surface area contributed by atoms with Gasteiger partial charge in [-0.3, -0.25) is 14.3 Å². The molecule has 0 radical (unpaired) electrons. The minimum Gasteiger partial charge on any atom is -0.375 e. The van der Waals surface area contributed by atoms with Crippen molar-refractivity contribution in [3.63, 3.8) is 0 Å². The molecule has 0 aliphatic carbocycles. The molecule has 0 saturated carbocycles. The zero-order valence-electron chi connectivity index (χ0n) is 14.2. The van der Waals surface area contributed by atoms with Gasteiger partial charge in [-0.2, -0.15) is 5.10 Å². The first-order valence-corrected chi connectivity index (χ1v) is 9.13. The lowest BCUT2D eigenvalue weighted by molar-refractivity contribution is -0.138. The second kappa shape index (κ2) is 8.26. The summed E-state index contributed by atoms with van der Waals surface area (Å²) in [6, 6.07) is 5.80. The van der Waals surface area contributed by atoms with Gasteiger partial charge >= 0.3 is 0 Å². The fourth-order valence-electron chi connectivity index (χ4n) is 3.01. The number of aromatic nitrogens is 2. The Kier molecular flexibility index (Phi) is 5.83. The molecule has 1 aliphatic heterocycles. The van der Waals surface area contributed by atoms with Crippen LogP contribution in [0.5, 0.6) is 0 Å². The fourth-order valence-corrected chi connectivity index (χ4v) is 3.72. The number of hydrogen-bond acceptors (Lipinski definition) is 5. The lowest BCUT2D eigenvalue weighted by Gasteiger charge is -2.33. The number of methoxy groups -OCH3 is 1. The largest absolute Gasteiger partial charge is 0.375 e. The van der Waals surface area contributed by atoms with Gasteiger partial charge in [0, 0.05) is 31.3 Å². The van der Waals surface area contributed by atoms with Crippen LogP contribution in [-0.4, -0.2) is 53.3 Å². The molecule has 0 saturated heterocycles. The zero-order chi connectivity index (χ0) is 17.6. The number of carbonyl (C=O) groups is 2. The highest BCUT2D eigenvalue weighted by Crippen LogP contribution is 2.23. The minimum atomic E-state index is -0.152. The molecule has 1 atom stereocenters. The Morgan fingerprint density at radius 1 is 1.44 bits per heavy atom. The highest BCUT2D eigenvalue weighted by Gasteiger charge is 2.29. The van der Waals surface area contributed by atoms with Gasteiger partial charge in [-0.25, -0.2) is 0 Å². The van der Waals surface area contributed by atoms with Crippen molar-refractivity contribution in [2.24, 2.45) is 0 Å². The van der Waals surface area contributed by atoms with Gasteiger partial charge in [-0.15, -0.1) is 11.3 Å². The van der Waals surface area contributed by atoms with Gasteiger partial charge in [-0.1, -0.05) is 6.07 Å². The van der Waals surface area contributed by atoms with Crippen LogP contribution in [-0.2, 0) is 27.3 Å². The zero-order valence-corrected chi connectivity index (χ0v) is 15.0. The molecule has 7 nitrogen and oxygen atoms in total. The summed E-state index contributed by atoms with van der Waals surface area (Å²) in [5.41, 5.74) is 0.937. The number of carbonyl (C=O) groups excluding carboxylic acids is 2. The first kappa shape index (κ1) is 17.6. The van der Waals surface area contributed by atoms with Crippen molar-refractivity contribution in [2.45, 2.75) is 25.4 Å². The number of nitrogens with zero attached hydrogens (tertiary/aromatic N) is 3. The lowest BCUT2D eigenvalue weighted by atomic mass is 10.1. The monoisotopic (exact) mass is 362 g/mol. The van der Waals surface area contributed by atoms with Crippen LogP contribution in [0.25, 0.3) is 0 Å². The molecule has 3 rings (SSSR count). The van der Waals surface area contributed by atoms with Crippen LogP contribution < -0.4 is 5.32 Å². The van der Waals surface area contributed by atoms with E-state index in [0.29, 0.717) is 26.1 Å². The first-order valence-electron chi connectivity index (χ1n) is 8.25. The Morgan fingerprint density at radius 2 is 2.32 bits per heavy atom. The molecule has 0 bridgehead atoms. The third-order valence-electron chi connectivity index (χ3n) is 4.20. The maximum atomic E-state index is 12.3. The van der Waals surface area contributed by atoms with Crippen LogP contribution in [0.4, 0.5) is 0 Å². The number of ether oxygens (including phenoxy) is 1. The molecular weight excluding hydrogens is 340 g/mol. The average molecular weight is 362 g/mol.